The van der Waals surface area contributed by atoms with Gasteiger partial charge < -0.3 is 18.9 Å². The van der Waals surface area contributed by atoms with Crippen molar-refractivity contribution in [3.05, 3.63) is 24.3 Å². The zero-order valence-corrected chi connectivity index (χ0v) is 14.9. The molecule has 2 saturated heterocycles. The maximum absolute atomic E-state index is 13.2. The number of hydrogen-bond acceptors (Lipinski definition) is 4. The van der Waals surface area contributed by atoms with Crippen molar-refractivity contribution in [3.63, 3.8) is 0 Å². The van der Waals surface area contributed by atoms with E-state index in [1.165, 1.54) is 4.90 Å². The molecule has 0 bridgehead atoms. The number of anilines is 1. The summed E-state index contributed by atoms with van der Waals surface area (Å²) in [5, 5.41) is 0. The molecular formula is C17H23BF3NO3. The van der Waals surface area contributed by atoms with E-state index in [1.807, 2.05) is 27.7 Å². The van der Waals surface area contributed by atoms with Crippen molar-refractivity contribution < 1.29 is 27.2 Å². The topological polar surface area (TPSA) is 30.9 Å². The van der Waals surface area contributed by atoms with Crippen LogP contribution in [0.4, 0.5) is 18.9 Å². The fourth-order valence-electron chi connectivity index (χ4n) is 2.99. The molecule has 0 aliphatic carbocycles. The van der Waals surface area contributed by atoms with Gasteiger partial charge in [-0.1, -0.05) is 12.1 Å². The van der Waals surface area contributed by atoms with Gasteiger partial charge in [-0.05, 0) is 45.3 Å². The van der Waals surface area contributed by atoms with E-state index in [0.717, 1.165) is 5.46 Å². The zero-order valence-electron chi connectivity index (χ0n) is 14.9. The Morgan fingerprint density at radius 1 is 1.04 bits per heavy atom. The number of nitrogens with zero attached hydrogens (tertiary/aromatic N) is 1. The second kappa shape index (κ2) is 6.18. The fraction of sp³-hybridized carbons (Fsp3) is 0.647. The summed E-state index contributed by atoms with van der Waals surface area (Å²) in [6, 6.07) is 5.28. The van der Waals surface area contributed by atoms with Crippen molar-refractivity contribution >= 4 is 18.3 Å². The van der Waals surface area contributed by atoms with Crippen molar-refractivity contribution in [2.75, 3.05) is 24.7 Å². The van der Waals surface area contributed by atoms with Crippen LogP contribution in [-0.4, -0.2) is 50.3 Å². The van der Waals surface area contributed by atoms with Crippen molar-refractivity contribution in [1.82, 2.24) is 0 Å². The van der Waals surface area contributed by atoms with Gasteiger partial charge in [0.2, 0.25) is 0 Å². The summed E-state index contributed by atoms with van der Waals surface area (Å²) in [7, 11) is -0.526. The monoisotopic (exact) mass is 357 g/mol. The minimum absolute atomic E-state index is 0.208. The Bertz CT molecular complexity index is 603. The van der Waals surface area contributed by atoms with Crippen LogP contribution < -0.4 is 10.4 Å². The zero-order chi connectivity index (χ0) is 18.5. The molecule has 8 heteroatoms. The maximum Gasteiger partial charge on any atom is 0.494 e. The van der Waals surface area contributed by atoms with Gasteiger partial charge in [-0.15, -0.1) is 0 Å². The molecule has 2 fully saturated rings. The van der Waals surface area contributed by atoms with E-state index in [-0.39, 0.29) is 19.8 Å². The Labute approximate surface area is 146 Å². The lowest BCUT2D eigenvalue weighted by atomic mass is 9.79. The van der Waals surface area contributed by atoms with Crippen LogP contribution in [-0.2, 0) is 14.0 Å². The molecule has 1 aromatic rings. The Hall–Kier alpha value is -1.25. The molecule has 0 aromatic heterocycles. The summed E-state index contributed by atoms with van der Waals surface area (Å²) < 4.78 is 56.6. The predicted octanol–water partition coefficient (Wildman–Crippen LogP) is 2.75. The summed E-state index contributed by atoms with van der Waals surface area (Å²) in [6.45, 7) is 7.99. The Balaban J connectivity index is 1.79. The van der Waals surface area contributed by atoms with Gasteiger partial charge in [-0.25, -0.2) is 0 Å². The minimum Gasteiger partial charge on any atom is -0.399 e. The van der Waals surface area contributed by atoms with Gasteiger partial charge in [0, 0.05) is 12.2 Å². The third-order valence-electron chi connectivity index (χ3n) is 5.26. The first kappa shape index (κ1) is 18.5. The van der Waals surface area contributed by atoms with Crippen LogP contribution in [0.2, 0.25) is 0 Å². The lowest BCUT2D eigenvalue weighted by Gasteiger charge is -2.38. The average molecular weight is 357 g/mol. The second-order valence-electron chi connectivity index (χ2n) is 7.51. The molecule has 2 heterocycles. The molecule has 0 spiro atoms. The minimum atomic E-state index is -4.33. The van der Waals surface area contributed by atoms with E-state index in [9.17, 15) is 13.2 Å². The third kappa shape index (κ3) is 3.52. The molecule has 2 aliphatic rings. The molecule has 25 heavy (non-hydrogen) atoms. The summed E-state index contributed by atoms with van der Waals surface area (Å²) in [5.41, 5.74) is 0.397. The van der Waals surface area contributed by atoms with Crippen LogP contribution in [0.1, 0.15) is 27.7 Å². The summed E-state index contributed by atoms with van der Waals surface area (Å²) >= 11 is 0. The van der Waals surface area contributed by atoms with Crippen LogP contribution in [0.3, 0.4) is 0 Å². The highest BCUT2D eigenvalue weighted by atomic mass is 19.4. The molecule has 0 amide bonds. The quantitative estimate of drug-likeness (QED) is 0.762. The van der Waals surface area contributed by atoms with Crippen LogP contribution in [0, 0.1) is 0 Å². The average Bonchev–Trinajstić information content (AvgIpc) is 2.75. The van der Waals surface area contributed by atoms with Crippen LogP contribution in [0.25, 0.3) is 0 Å². The van der Waals surface area contributed by atoms with E-state index in [0.29, 0.717) is 5.69 Å². The molecule has 3 rings (SSSR count). The highest BCUT2D eigenvalue weighted by Crippen LogP contribution is 2.37. The first-order valence-electron chi connectivity index (χ1n) is 8.38. The highest BCUT2D eigenvalue weighted by molar-refractivity contribution is 6.62. The van der Waals surface area contributed by atoms with E-state index in [1.54, 1.807) is 24.3 Å². The lowest BCUT2D eigenvalue weighted by Crippen LogP contribution is -2.53. The van der Waals surface area contributed by atoms with Crippen LogP contribution in [0.5, 0.6) is 0 Å². The number of morpholine rings is 1. The van der Waals surface area contributed by atoms with Crippen LogP contribution in [0.15, 0.2) is 24.3 Å². The molecular weight excluding hydrogens is 334 g/mol. The number of rotatable bonds is 2. The molecule has 0 N–H and O–H groups in total. The van der Waals surface area contributed by atoms with Gasteiger partial charge in [-0.3, -0.25) is 0 Å². The van der Waals surface area contributed by atoms with E-state index >= 15 is 0 Å². The molecule has 1 atom stereocenters. The first-order valence-corrected chi connectivity index (χ1v) is 8.38. The highest BCUT2D eigenvalue weighted by Gasteiger charge is 2.51. The third-order valence-corrected chi connectivity index (χ3v) is 5.26. The van der Waals surface area contributed by atoms with Crippen molar-refractivity contribution in [2.24, 2.45) is 0 Å². The fourth-order valence-corrected chi connectivity index (χ4v) is 2.99. The number of halogens is 3. The van der Waals surface area contributed by atoms with Gasteiger partial charge in [0.1, 0.15) is 6.04 Å². The SMILES string of the molecule is CC1(C)OB(c2ccc(N3CCOCC3C(F)(F)F)cc2)OC1(C)C. The van der Waals surface area contributed by atoms with Gasteiger partial charge in [0.25, 0.3) is 0 Å². The second-order valence-corrected chi connectivity index (χ2v) is 7.51. The number of ether oxygens (including phenoxy) is 1. The molecule has 2 aliphatic heterocycles. The number of hydrogen-bond donors (Lipinski definition) is 0. The summed E-state index contributed by atoms with van der Waals surface area (Å²) in [5.74, 6) is 0. The largest absolute Gasteiger partial charge is 0.494 e. The molecule has 0 radical (unpaired) electrons. The van der Waals surface area contributed by atoms with Crippen molar-refractivity contribution in [3.8, 4) is 0 Å². The molecule has 0 saturated carbocycles. The summed E-state index contributed by atoms with van der Waals surface area (Å²) in [6.07, 6.45) is -4.33. The lowest BCUT2D eigenvalue weighted by molar-refractivity contribution is -0.167. The van der Waals surface area contributed by atoms with Gasteiger partial charge in [-0.2, -0.15) is 13.2 Å². The van der Waals surface area contributed by atoms with Gasteiger partial charge in [0.15, 0.2) is 0 Å². The van der Waals surface area contributed by atoms with Gasteiger partial charge >= 0.3 is 13.3 Å². The summed E-state index contributed by atoms with van der Waals surface area (Å²) in [4.78, 5) is 1.34. The Kier molecular flexibility index (Phi) is 4.58. The standard InChI is InChI=1S/C17H23BF3NO3/c1-15(2)16(3,4)25-18(24-15)12-5-7-13(8-6-12)22-9-10-23-11-14(22)17(19,20)21/h5-8,14H,9-11H2,1-4H3. The predicted molar refractivity (Wildman–Crippen MR) is 90.2 cm³/mol. The number of alkyl halides is 3. The van der Waals surface area contributed by atoms with Crippen molar-refractivity contribution in [2.45, 2.75) is 51.1 Å². The Morgan fingerprint density at radius 3 is 2.12 bits per heavy atom. The first-order chi connectivity index (χ1) is 11.5. The van der Waals surface area contributed by atoms with E-state index in [4.69, 9.17) is 14.0 Å². The molecule has 1 aromatic carbocycles. The smallest absolute Gasteiger partial charge is 0.399 e. The van der Waals surface area contributed by atoms with Gasteiger partial charge in [0.05, 0.1) is 24.4 Å². The van der Waals surface area contributed by atoms with E-state index in [2.05, 4.69) is 0 Å². The normalized spacial score (nSPS) is 26.1. The molecule has 4 nitrogen and oxygen atoms in total. The number of benzene rings is 1. The molecule has 138 valence electrons. The maximum atomic E-state index is 13.2. The Morgan fingerprint density at radius 2 is 1.60 bits per heavy atom. The van der Waals surface area contributed by atoms with Crippen molar-refractivity contribution in [1.29, 1.82) is 0 Å². The van der Waals surface area contributed by atoms with Crippen LogP contribution >= 0.6 is 0 Å². The molecule has 1 unspecified atom stereocenters. The van der Waals surface area contributed by atoms with E-state index < -0.39 is 30.5 Å².